The number of aromatic nitrogens is 1. The molecular formula is C14H15ClN2O. The van der Waals surface area contributed by atoms with Crippen molar-refractivity contribution in [1.29, 1.82) is 0 Å². The molecule has 0 aliphatic carbocycles. The molecule has 0 amide bonds. The number of pyridine rings is 1. The maximum absolute atomic E-state index is 6.09. The Morgan fingerprint density at radius 1 is 1.28 bits per heavy atom. The third kappa shape index (κ3) is 3.00. The highest BCUT2D eigenvalue weighted by Crippen LogP contribution is 2.29. The Morgan fingerprint density at radius 3 is 2.61 bits per heavy atom. The zero-order chi connectivity index (χ0) is 13.1. The second-order valence-electron chi connectivity index (χ2n) is 4.25. The number of benzene rings is 1. The number of nitrogens with zero attached hydrogens (tertiary/aromatic N) is 1. The average molecular weight is 263 g/mol. The Morgan fingerprint density at radius 2 is 2.06 bits per heavy atom. The van der Waals surface area contributed by atoms with Gasteiger partial charge in [0.1, 0.15) is 5.75 Å². The lowest BCUT2D eigenvalue weighted by atomic mass is 10.2. The maximum atomic E-state index is 6.09. The molecule has 1 heterocycles. The second-order valence-corrected chi connectivity index (χ2v) is 4.66. The molecule has 0 radical (unpaired) electrons. The summed E-state index contributed by atoms with van der Waals surface area (Å²) in [5.74, 6) is 1.11. The van der Waals surface area contributed by atoms with E-state index >= 15 is 0 Å². The molecule has 2 rings (SSSR count). The van der Waals surface area contributed by atoms with Crippen LogP contribution < -0.4 is 10.5 Å². The molecule has 0 aliphatic heterocycles. The van der Waals surface area contributed by atoms with Crippen molar-refractivity contribution in [3.63, 3.8) is 0 Å². The largest absolute Gasteiger partial charge is 0.437 e. The van der Waals surface area contributed by atoms with Crippen LogP contribution in [0.25, 0.3) is 0 Å². The Hall–Kier alpha value is -1.58. The Labute approximate surface area is 112 Å². The monoisotopic (exact) mass is 262 g/mol. The number of hydrogen-bond donors (Lipinski definition) is 1. The van der Waals surface area contributed by atoms with Crippen LogP contribution in [0.5, 0.6) is 11.6 Å². The molecule has 1 aromatic carbocycles. The molecule has 4 heteroatoms. The van der Waals surface area contributed by atoms with Gasteiger partial charge in [0, 0.05) is 18.3 Å². The van der Waals surface area contributed by atoms with Gasteiger partial charge in [0.2, 0.25) is 5.88 Å². The normalized spacial score (nSPS) is 12.2. The molecule has 94 valence electrons. The summed E-state index contributed by atoms with van der Waals surface area (Å²) in [4.78, 5) is 4.20. The molecule has 0 saturated carbocycles. The lowest BCUT2D eigenvalue weighted by Gasteiger charge is -2.09. The van der Waals surface area contributed by atoms with Crippen molar-refractivity contribution in [1.82, 2.24) is 4.98 Å². The Kier molecular flexibility index (Phi) is 3.84. The van der Waals surface area contributed by atoms with Gasteiger partial charge in [-0.3, -0.25) is 0 Å². The van der Waals surface area contributed by atoms with Crippen LogP contribution in [-0.4, -0.2) is 4.98 Å². The topological polar surface area (TPSA) is 48.1 Å². The first-order valence-electron chi connectivity index (χ1n) is 5.72. The first-order valence-corrected chi connectivity index (χ1v) is 6.09. The summed E-state index contributed by atoms with van der Waals surface area (Å²) < 4.78 is 5.61. The number of rotatable bonds is 3. The van der Waals surface area contributed by atoms with E-state index in [0.717, 1.165) is 11.1 Å². The van der Waals surface area contributed by atoms with Crippen LogP contribution in [0.15, 0.2) is 36.5 Å². The summed E-state index contributed by atoms with van der Waals surface area (Å²) in [6.45, 7) is 3.89. The van der Waals surface area contributed by atoms with Gasteiger partial charge in [0.05, 0.1) is 5.02 Å². The smallest absolute Gasteiger partial charge is 0.219 e. The van der Waals surface area contributed by atoms with Gasteiger partial charge in [-0.15, -0.1) is 0 Å². The summed E-state index contributed by atoms with van der Waals surface area (Å²) >= 11 is 6.09. The lowest BCUT2D eigenvalue weighted by molar-refractivity contribution is 0.462. The van der Waals surface area contributed by atoms with Crippen LogP contribution in [0.1, 0.15) is 24.1 Å². The van der Waals surface area contributed by atoms with Gasteiger partial charge in [0.25, 0.3) is 0 Å². The fourth-order valence-corrected chi connectivity index (χ4v) is 1.80. The summed E-state index contributed by atoms with van der Waals surface area (Å²) in [5.41, 5.74) is 7.82. The molecular weight excluding hydrogens is 248 g/mol. The SMILES string of the molecule is Cc1ccc(Oc2ccc([C@H](C)N)cn2)c(Cl)c1. The second kappa shape index (κ2) is 5.38. The van der Waals surface area contributed by atoms with Crippen molar-refractivity contribution in [3.05, 3.63) is 52.7 Å². The minimum atomic E-state index is -0.0329. The first kappa shape index (κ1) is 12.9. The molecule has 0 fully saturated rings. The van der Waals surface area contributed by atoms with E-state index in [0.29, 0.717) is 16.7 Å². The Balaban J connectivity index is 2.18. The van der Waals surface area contributed by atoms with Gasteiger partial charge in [-0.2, -0.15) is 0 Å². The highest BCUT2D eigenvalue weighted by molar-refractivity contribution is 6.32. The molecule has 0 spiro atoms. The van der Waals surface area contributed by atoms with Crippen molar-refractivity contribution < 1.29 is 4.74 Å². The summed E-state index contributed by atoms with van der Waals surface area (Å²) in [6, 6.07) is 9.28. The minimum Gasteiger partial charge on any atom is -0.437 e. The molecule has 18 heavy (non-hydrogen) atoms. The quantitative estimate of drug-likeness (QED) is 0.914. The van der Waals surface area contributed by atoms with Crippen LogP contribution in [0.2, 0.25) is 5.02 Å². The minimum absolute atomic E-state index is 0.0329. The zero-order valence-corrected chi connectivity index (χ0v) is 11.1. The number of hydrogen-bond acceptors (Lipinski definition) is 3. The van der Waals surface area contributed by atoms with Crippen LogP contribution in [0.4, 0.5) is 0 Å². The van der Waals surface area contributed by atoms with Gasteiger partial charge in [0.15, 0.2) is 0 Å². The van der Waals surface area contributed by atoms with Gasteiger partial charge in [-0.1, -0.05) is 23.7 Å². The van der Waals surface area contributed by atoms with Crippen molar-refractivity contribution in [2.24, 2.45) is 5.73 Å². The summed E-state index contributed by atoms with van der Waals surface area (Å²) in [7, 11) is 0. The van der Waals surface area contributed by atoms with Crippen molar-refractivity contribution in [2.45, 2.75) is 19.9 Å². The number of nitrogens with two attached hydrogens (primary N) is 1. The summed E-state index contributed by atoms with van der Waals surface area (Å²) in [5, 5.41) is 0.577. The molecule has 0 aliphatic rings. The van der Waals surface area contributed by atoms with Gasteiger partial charge in [-0.25, -0.2) is 4.98 Å². The van der Waals surface area contributed by atoms with Crippen molar-refractivity contribution >= 4 is 11.6 Å². The van der Waals surface area contributed by atoms with E-state index in [1.54, 1.807) is 12.3 Å². The maximum Gasteiger partial charge on any atom is 0.219 e. The van der Waals surface area contributed by atoms with Crippen molar-refractivity contribution in [2.75, 3.05) is 0 Å². The van der Waals surface area contributed by atoms with E-state index in [1.165, 1.54) is 0 Å². The third-order valence-corrected chi connectivity index (χ3v) is 2.88. The van der Waals surface area contributed by atoms with Crippen LogP contribution >= 0.6 is 11.6 Å². The molecule has 1 atom stereocenters. The molecule has 2 N–H and O–H groups in total. The van der Waals surface area contributed by atoms with E-state index in [9.17, 15) is 0 Å². The Bertz CT molecular complexity index is 538. The lowest BCUT2D eigenvalue weighted by Crippen LogP contribution is -2.05. The molecule has 1 aromatic heterocycles. The van der Waals surface area contributed by atoms with E-state index in [-0.39, 0.29) is 6.04 Å². The van der Waals surface area contributed by atoms with Crippen molar-refractivity contribution in [3.8, 4) is 11.6 Å². The summed E-state index contributed by atoms with van der Waals surface area (Å²) in [6.07, 6.45) is 1.71. The fourth-order valence-electron chi connectivity index (χ4n) is 1.52. The highest BCUT2D eigenvalue weighted by atomic mass is 35.5. The van der Waals surface area contributed by atoms with E-state index in [4.69, 9.17) is 22.1 Å². The average Bonchev–Trinajstić information content (AvgIpc) is 2.33. The van der Waals surface area contributed by atoms with E-state index in [1.807, 2.05) is 38.1 Å². The molecule has 0 unspecified atom stereocenters. The van der Waals surface area contributed by atoms with E-state index < -0.39 is 0 Å². The standard InChI is InChI=1S/C14H15ClN2O/c1-9-3-5-13(12(15)7-9)18-14-6-4-11(8-17-14)10(2)16/h3-8,10H,16H2,1-2H3/t10-/m0/s1. The third-order valence-electron chi connectivity index (χ3n) is 2.59. The fraction of sp³-hybridized carbons (Fsp3) is 0.214. The zero-order valence-electron chi connectivity index (χ0n) is 10.4. The highest BCUT2D eigenvalue weighted by Gasteiger charge is 2.05. The van der Waals surface area contributed by atoms with Crippen LogP contribution in [0.3, 0.4) is 0 Å². The number of aryl methyl sites for hydroxylation is 1. The molecule has 0 saturated heterocycles. The first-order chi connectivity index (χ1) is 8.56. The van der Waals surface area contributed by atoms with Gasteiger partial charge < -0.3 is 10.5 Å². The van der Waals surface area contributed by atoms with Gasteiger partial charge >= 0.3 is 0 Å². The molecule has 3 nitrogen and oxygen atoms in total. The number of ether oxygens (including phenoxy) is 1. The van der Waals surface area contributed by atoms with Crippen LogP contribution in [0, 0.1) is 6.92 Å². The predicted molar refractivity (Wildman–Crippen MR) is 73.1 cm³/mol. The molecule has 2 aromatic rings. The molecule has 0 bridgehead atoms. The predicted octanol–water partition coefficient (Wildman–Crippen LogP) is 3.86. The van der Waals surface area contributed by atoms with Gasteiger partial charge in [-0.05, 0) is 37.1 Å². The van der Waals surface area contributed by atoms with E-state index in [2.05, 4.69) is 4.98 Å². The number of halogens is 1. The van der Waals surface area contributed by atoms with Crippen LogP contribution in [-0.2, 0) is 0 Å².